The predicted octanol–water partition coefficient (Wildman–Crippen LogP) is 2.16. The lowest BCUT2D eigenvalue weighted by molar-refractivity contribution is -0.650. The number of amides is 1. The summed E-state index contributed by atoms with van der Waals surface area (Å²) in [6, 6.07) is 0.478. The molecule has 88 valence electrons. The number of rotatable bonds is 2. The van der Waals surface area contributed by atoms with Gasteiger partial charge in [0.1, 0.15) is 0 Å². The van der Waals surface area contributed by atoms with Crippen molar-refractivity contribution in [2.45, 2.75) is 40.2 Å². The van der Waals surface area contributed by atoms with Gasteiger partial charge in [-0.2, -0.15) is 0 Å². The Morgan fingerprint density at radius 3 is 2.69 bits per heavy atom. The minimum absolute atomic E-state index is 0.0838. The summed E-state index contributed by atoms with van der Waals surface area (Å²) in [4.78, 5) is 14.0. The maximum atomic E-state index is 12.0. The van der Waals surface area contributed by atoms with E-state index in [1.54, 1.807) is 11.5 Å². The average molecular weight is 239 g/mol. The van der Waals surface area contributed by atoms with Crippen molar-refractivity contribution in [2.24, 2.45) is 5.92 Å². The van der Waals surface area contributed by atoms with E-state index in [1.165, 1.54) is 5.56 Å². The van der Waals surface area contributed by atoms with Crippen LogP contribution in [0.1, 0.15) is 39.3 Å². The Labute approximate surface area is 101 Å². The number of carbonyl (C=O) groups excluding carboxylic acids is 1. The van der Waals surface area contributed by atoms with Gasteiger partial charge in [0, 0.05) is 12.5 Å². The Kier molecular flexibility index (Phi) is 3.02. The first-order valence-electron chi connectivity index (χ1n) is 5.86. The Bertz CT molecular complexity index is 409. The molecule has 0 saturated heterocycles. The van der Waals surface area contributed by atoms with Crippen molar-refractivity contribution in [2.75, 3.05) is 11.4 Å². The topological polar surface area (TPSA) is 24.2 Å². The summed E-state index contributed by atoms with van der Waals surface area (Å²) in [6.07, 6.45) is 3.20. The Balaban J connectivity index is 2.28. The number of hydrogen-bond donors (Lipinski definition) is 0. The number of aromatic nitrogens is 1. The van der Waals surface area contributed by atoms with Crippen molar-refractivity contribution >= 4 is 22.4 Å². The van der Waals surface area contributed by atoms with Crippen molar-refractivity contribution in [1.29, 1.82) is 0 Å². The van der Waals surface area contributed by atoms with Gasteiger partial charge in [0.2, 0.25) is 5.91 Å². The number of nitrogens with zero attached hydrogens (tertiary/aromatic N) is 2. The van der Waals surface area contributed by atoms with E-state index in [1.807, 2.05) is 18.7 Å². The monoisotopic (exact) mass is 239 g/mol. The van der Waals surface area contributed by atoms with Crippen LogP contribution < -0.4 is 8.86 Å². The Hall–Kier alpha value is -0.900. The molecule has 16 heavy (non-hydrogen) atoms. The van der Waals surface area contributed by atoms with Gasteiger partial charge in [-0.25, -0.2) is 0 Å². The lowest BCUT2D eigenvalue weighted by Gasteiger charge is -2.16. The largest absolute Gasteiger partial charge is 0.298 e. The summed E-state index contributed by atoms with van der Waals surface area (Å²) in [5.74, 6) is 0.331. The lowest BCUT2D eigenvalue weighted by Crippen LogP contribution is -2.34. The molecule has 2 heterocycles. The van der Waals surface area contributed by atoms with Crippen LogP contribution in [0.5, 0.6) is 0 Å². The minimum Gasteiger partial charge on any atom is -0.298 e. The molecular formula is C12H19N2OS+. The summed E-state index contributed by atoms with van der Waals surface area (Å²) in [6.45, 7) is 9.12. The fourth-order valence-corrected chi connectivity index (χ4v) is 3.04. The zero-order valence-corrected chi connectivity index (χ0v) is 11.2. The molecule has 0 aliphatic carbocycles. The highest BCUT2D eigenvalue weighted by atomic mass is 32.1. The van der Waals surface area contributed by atoms with Crippen LogP contribution in [0.15, 0.2) is 6.20 Å². The molecule has 4 heteroatoms. The molecular weight excluding hydrogens is 220 g/mol. The predicted molar refractivity (Wildman–Crippen MR) is 65.8 cm³/mol. The van der Waals surface area contributed by atoms with E-state index in [2.05, 4.69) is 24.0 Å². The van der Waals surface area contributed by atoms with Crippen molar-refractivity contribution in [1.82, 2.24) is 0 Å². The smallest absolute Gasteiger partial charge is 0.230 e. The van der Waals surface area contributed by atoms with Gasteiger partial charge >= 0.3 is 0 Å². The van der Waals surface area contributed by atoms with Crippen molar-refractivity contribution in [3.8, 4) is 0 Å². The normalized spacial score (nSPS) is 15.0. The molecule has 0 bridgehead atoms. The third-order valence-electron chi connectivity index (χ3n) is 2.87. The van der Waals surface area contributed by atoms with Gasteiger partial charge < -0.3 is 0 Å². The summed E-state index contributed by atoms with van der Waals surface area (Å²) in [5, 5.41) is 1.16. The first-order chi connectivity index (χ1) is 7.50. The summed E-state index contributed by atoms with van der Waals surface area (Å²) >= 11 is 1.71. The molecule has 0 atom stereocenters. The van der Waals surface area contributed by atoms with Crippen LogP contribution >= 0.6 is 11.5 Å². The molecule has 0 radical (unpaired) electrons. The first-order valence-corrected chi connectivity index (χ1v) is 6.63. The summed E-state index contributed by atoms with van der Waals surface area (Å²) < 4.78 is 2.23. The molecule has 3 nitrogen and oxygen atoms in total. The molecule has 0 unspecified atom stereocenters. The number of anilines is 1. The summed E-state index contributed by atoms with van der Waals surface area (Å²) in [5.41, 5.74) is 1.33. The highest BCUT2D eigenvalue weighted by Crippen LogP contribution is 2.32. The molecule has 0 spiro atoms. The van der Waals surface area contributed by atoms with E-state index in [0.29, 0.717) is 6.04 Å². The van der Waals surface area contributed by atoms with Crippen LogP contribution in [0, 0.1) is 5.92 Å². The fraction of sp³-hybridized carbons (Fsp3) is 0.667. The number of fused-ring (bicyclic) bond motifs is 1. The van der Waals surface area contributed by atoms with Crippen molar-refractivity contribution in [3.05, 3.63) is 11.8 Å². The Morgan fingerprint density at radius 2 is 2.12 bits per heavy atom. The highest BCUT2D eigenvalue weighted by Gasteiger charge is 2.33. The second-order valence-corrected chi connectivity index (χ2v) is 5.89. The second-order valence-electron chi connectivity index (χ2n) is 4.90. The SMILES string of the molecule is CC(C)C(=O)N1CCc2c[n+](C(C)C)sc21. The lowest BCUT2D eigenvalue weighted by atomic mass is 10.2. The zero-order chi connectivity index (χ0) is 11.9. The van der Waals surface area contributed by atoms with E-state index in [9.17, 15) is 4.79 Å². The third-order valence-corrected chi connectivity index (χ3v) is 4.26. The molecule has 0 fully saturated rings. The maximum absolute atomic E-state index is 12.0. The summed E-state index contributed by atoms with van der Waals surface area (Å²) in [7, 11) is 0. The molecule has 1 aliphatic rings. The molecule has 1 aromatic rings. The third kappa shape index (κ3) is 1.86. The quantitative estimate of drug-likeness (QED) is 0.726. The highest BCUT2D eigenvalue weighted by molar-refractivity contribution is 7.06. The molecule has 2 rings (SSSR count). The van der Waals surface area contributed by atoms with E-state index < -0.39 is 0 Å². The number of carbonyl (C=O) groups is 1. The first kappa shape index (κ1) is 11.6. The van der Waals surface area contributed by atoms with Gasteiger partial charge in [-0.1, -0.05) is 13.8 Å². The van der Waals surface area contributed by atoms with Crippen LogP contribution in [0.4, 0.5) is 5.00 Å². The van der Waals surface area contributed by atoms with Crippen LogP contribution in [0.25, 0.3) is 0 Å². The van der Waals surface area contributed by atoms with Crippen LogP contribution in [0.2, 0.25) is 0 Å². The van der Waals surface area contributed by atoms with E-state index in [-0.39, 0.29) is 11.8 Å². The zero-order valence-electron chi connectivity index (χ0n) is 10.4. The van der Waals surface area contributed by atoms with Crippen molar-refractivity contribution in [3.63, 3.8) is 0 Å². The molecule has 1 amide bonds. The second kappa shape index (κ2) is 4.17. The van der Waals surface area contributed by atoms with Crippen LogP contribution in [0.3, 0.4) is 0 Å². The van der Waals surface area contributed by atoms with E-state index >= 15 is 0 Å². The van der Waals surface area contributed by atoms with Gasteiger partial charge in [0.05, 0.1) is 5.56 Å². The van der Waals surface area contributed by atoms with Gasteiger partial charge in [-0.15, -0.1) is 3.96 Å². The fourth-order valence-electron chi connectivity index (χ4n) is 1.90. The molecule has 1 aromatic heterocycles. The average Bonchev–Trinajstić information content (AvgIpc) is 2.74. The van der Waals surface area contributed by atoms with Crippen LogP contribution in [-0.2, 0) is 11.2 Å². The van der Waals surface area contributed by atoms with E-state index in [4.69, 9.17) is 0 Å². The number of hydrogen-bond acceptors (Lipinski definition) is 2. The molecule has 0 N–H and O–H groups in total. The maximum Gasteiger partial charge on any atom is 0.230 e. The van der Waals surface area contributed by atoms with Gasteiger partial charge in [0.15, 0.2) is 28.8 Å². The van der Waals surface area contributed by atoms with E-state index in [0.717, 1.165) is 18.0 Å². The standard InChI is InChI=1S/C12H19N2OS/c1-8(2)11(15)13-6-5-10-7-14(9(3)4)16-12(10)13/h7-9H,5-6H2,1-4H3/q+1. The minimum atomic E-state index is 0.0838. The van der Waals surface area contributed by atoms with Gasteiger partial charge in [-0.05, 0) is 20.3 Å². The van der Waals surface area contributed by atoms with Crippen molar-refractivity contribution < 1.29 is 8.75 Å². The van der Waals surface area contributed by atoms with Gasteiger partial charge in [0.25, 0.3) is 0 Å². The Morgan fingerprint density at radius 1 is 1.44 bits per heavy atom. The molecule has 1 aliphatic heterocycles. The molecule has 0 aromatic carbocycles. The van der Waals surface area contributed by atoms with Gasteiger partial charge in [-0.3, -0.25) is 9.69 Å². The molecule has 0 saturated carbocycles. The van der Waals surface area contributed by atoms with Crippen LogP contribution in [-0.4, -0.2) is 12.5 Å².